The lowest BCUT2D eigenvalue weighted by Crippen LogP contribution is -2.45. The Bertz CT molecular complexity index is 1340. The SMILES string of the molecule is CCCCCCCCCCCC/C=C/C(O)C(CO)NC(=O)CCCCCCCCCCCCCCCCCCC/C=C\C/C=C\CCCCCCCCCCCCCCCOC(=O)CCCCCCCCCCCCCCCCCCC. The second-order valence-electron chi connectivity index (χ2n) is 26.0. The molecule has 6 heteroatoms. The van der Waals surface area contributed by atoms with Crippen molar-refractivity contribution in [1.82, 2.24) is 5.32 Å². The van der Waals surface area contributed by atoms with E-state index in [2.05, 4.69) is 43.5 Å². The van der Waals surface area contributed by atoms with Crippen molar-refractivity contribution in [1.29, 1.82) is 0 Å². The van der Waals surface area contributed by atoms with Gasteiger partial charge in [0.05, 0.1) is 25.4 Å². The van der Waals surface area contributed by atoms with Gasteiger partial charge in [0, 0.05) is 12.8 Å². The van der Waals surface area contributed by atoms with Gasteiger partial charge in [0.25, 0.3) is 0 Å². The number of hydrogen-bond donors (Lipinski definition) is 3. The van der Waals surface area contributed by atoms with Crippen molar-refractivity contribution in [3.8, 4) is 0 Å². The molecule has 0 saturated carbocycles. The third-order valence-electron chi connectivity index (χ3n) is 17.7. The summed E-state index contributed by atoms with van der Waals surface area (Å²) in [5.74, 6) is -0.0412. The van der Waals surface area contributed by atoms with Crippen LogP contribution in [0.25, 0.3) is 0 Å². The Labute approximate surface area is 519 Å². The van der Waals surface area contributed by atoms with E-state index in [1.54, 1.807) is 6.08 Å². The lowest BCUT2D eigenvalue weighted by Gasteiger charge is -2.20. The summed E-state index contributed by atoms with van der Waals surface area (Å²) in [4.78, 5) is 24.6. The van der Waals surface area contributed by atoms with E-state index in [0.29, 0.717) is 19.4 Å². The molecule has 0 aliphatic rings. The molecule has 83 heavy (non-hydrogen) atoms. The van der Waals surface area contributed by atoms with Gasteiger partial charge >= 0.3 is 5.97 Å². The zero-order valence-electron chi connectivity index (χ0n) is 56.2. The van der Waals surface area contributed by atoms with Crippen LogP contribution in [0.1, 0.15) is 418 Å². The quantitative estimate of drug-likeness (QED) is 0.0320. The van der Waals surface area contributed by atoms with Crippen molar-refractivity contribution in [2.24, 2.45) is 0 Å². The van der Waals surface area contributed by atoms with E-state index in [1.807, 2.05) is 6.08 Å². The van der Waals surface area contributed by atoms with Gasteiger partial charge in [0.2, 0.25) is 5.91 Å². The van der Waals surface area contributed by atoms with Gasteiger partial charge in [0.15, 0.2) is 0 Å². The molecule has 3 N–H and O–H groups in total. The zero-order chi connectivity index (χ0) is 59.9. The highest BCUT2D eigenvalue weighted by Gasteiger charge is 2.18. The maximum Gasteiger partial charge on any atom is 0.305 e. The summed E-state index contributed by atoms with van der Waals surface area (Å²) in [6, 6.07) is -0.625. The summed E-state index contributed by atoms with van der Waals surface area (Å²) < 4.78 is 5.51. The summed E-state index contributed by atoms with van der Waals surface area (Å²) in [5, 5.41) is 23.1. The lowest BCUT2D eigenvalue weighted by atomic mass is 10.0. The van der Waals surface area contributed by atoms with Crippen LogP contribution in [0.5, 0.6) is 0 Å². The zero-order valence-corrected chi connectivity index (χ0v) is 56.2. The number of ether oxygens (including phenoxy) is 1. The predicted octanol–water partition coefficient (Wildman–Crippen LogP) is 24.7. The third kappa shape index (κ3) is 69.1. The summed E-state index contributed by atoms with van der Waals surface area (Å²) in [6.45, 7) is 4.93. The summed E-state index contributed by atoms with van der Waals surface area (Å²) in [7, 11) is 0. The minimum absolute atomic E-state index is 0.0231. The average Bonchev–Trinajstić information content (AvgIpc) is 3.49. The van der Waals surface area contributed by atoms with E-state index in [1.165, 1.54) is 347 Å². The number of carbonyl (C=O) groups excluding carboxylic acids is 2. The molecule has 0 heterocycles. The Hall–Kier alpha value is -1.92. The fraction of sp³-hybridized carbons (Fsp3) is 0.896. The van der Waals surface area contributed by atoms with Crippen LogP contribution in [0.2, 0.25) is 0 Å². The van der Waals surface area contributed by atoms with Gasteiger partial charge in [-0.15, -0.1) is 0 Å². The van der Waals surface area contributed by atoms with Crippen LogP contribution in [0, 0.1) is 0 Å². The summed E-state index contributed by atoms with van der Waals surface area (Å²) in [6.07, 6.45) is 94.1. The number of esters is 1. The first kappa shape index (κ1) is 81.1. The molecule has 0 aromatic rings. The fourth-order valence-electron chi connectivity index (χ4n) is 11.9. The predicted molar refractivity (Wildman–Crippen MR) is 366 cm³/mol. The highest BCUT2D eigenvalue weighted by atomic mass is 16.5. The van der Waals surface area contributed by atoms with Gasteiger partial charge in [-0.1, -0.05) is 378 Å². The van der Waals surface area contributed by atoms with E-state index in [0.717, 1.165) is 44.9 Å². The molecular weight excluding hydrogens is 1020 g/mol. The van der Waals surface area contributed by atoms with E-state index in [9.17, 15) is 19.8 Å². The second-order valence-corrected chi connectivity index (χ2v) is 26.0. The van der Waals surface area contributed by atoms with Crippen molar-refractivity contribution >= 4 is 11.9 Å². The molecular formula is C77H147NO5. The second kappa shape index (κ2) is 72.6. The molecule has 2 atom stereocenters. The van der Waals surface area contributed by atoms with Gasteiger partial charge < -0.3 is 20.3 Å². The van der Waals surface area contributed by atoms with Crippen molar-refractivity contribution in [3.63, 3.8) is 0 Å². The number of hydrogen-bond acceptors (Lipinski definition) is 5. The fourth-order valence-corrected chi connectivity index (χ4v) is 11.9. The number of nitrogens with one attached hydrogen (secondary N) is 1. The average molecular weight is 1170 g/mol. The maximum absolute atomic E-state index is 12.5. The van der Waals surface area contributed by atoms with Gasteiger partial charge in [-0.25, -0.2) is 0 Å². The third-order valence-corrected chi connectivity index (χ3v) is 17.7. The molecule has 0 rings (SSSR count). The van der Waals surface area contributed by atoms with Crippen molar-refractivity contribution in [3.05, 3.63) is 36.5 Å². The molecule has 2 unspecified atom stereocenters. The molecule has 0 radical (unpaired) electrons. The Morgan fingerprint density at radius 2 is 0.602 bits per heavy atom. The number of aliphatic hydroxyl groups excluding tert-OH is 2. The number of allylic oxidation sites excluding steroid dienone is 5. The van der Waals surface area contributed by atoms with Gasteiger partial charge in [0.1, 0.15) is 0 Å². The molecule has 0 aliphatic carbocycles. The van der Waals surface area contributed by atoms with Crippen LogP contribution < -0.4 is 5.32 Å². The molecule has 0 spiro atoms. The van der Waals surface area contributed by atoms with Crippen LogP contribution >= 0.6 is 0 Å². The maximum atomic E-state index is 12.5. The highest BCUT2D eigenvalue weighted by molar-refractivity contribution is 5.76. The van der Waals surface area contributed by atoms with E-state index < -0.39 is 12.1 Å². The highest BCUT2D eigenvalue weighted by Crippen LogP contribution is 2.19. The van der Waals surface area contributed by atoms with Crippen molar-refractivity contribution in [2.75, 3.05) is 13.2 Å². The van der Waals surface area contributed by atoms with E-state index in [-0.39, 0.29) is 18.5 Å². The molecule has 0 saturated heterocycles. The topological polar surface area (TPSA) is 95.9 Å². The number of aliphatic hydroxyl groups is 2. The molecule has 490 valence electrons. The molecule has 1 amide bonds. The van der Waals surface area contributed by atoms with Gasteiger partial charge in [-0.3, -0.25) is 9.59 Å². The van der Waals surface area contributed by atoms with Crippen LogP contribution in [0.4, 0.5) is 0 Å². The van der Waals surface area contributed by atoms with E-state index in [4.69, 9.17) is 4.74 Å². The van der Waals surface area contributed by atoms with Crippen molar-refractivity contribution in [2.45, 2.75) is 431 Å². The molecule has 0 fully saturated rings. The Morgan fingerprint density at radius 3 is 0.916 bits per heavy atom. The first-order chi connectivity index (χ1) is 41.0. The molecule has 0 aromatic carbocycles. The lowest BCUT2D eigenvalue weighted by molar-refractivity contribution is -0.143. The molecule has 0 aromatic heterocycles. The largest absolute Gasteiger partial charge is 0.466 e. The minimum Gasteiger partial charge on any atom is -0.466 e. The Kier molecular flexibility index (Phi) is 70.9. The molecule has 6 nitrogen and oxygen atoms in total. The summed E-state index contributed by atoms with van der Waals surface area (Å²) >= 11 is 0. The summed E-state index contributed by atoms with van der Waals surface area (Å²) in [5.41, 5.74) is 0. The van der Waals surface area contributed by atoms with Crippen molar-refractivity contribution < 1.29 is 24.5 Å². The van der Waals surface area contributed by atoms with Gasteiger partial charge in [-0.2, -0.15) is 0 Å². The first-order valence-corrected chi connectivity index (χ1v) is 37.8. The normalized spacial score (nSPS) is 12.7. The standard InChI is InChI=1S/C77H147NO5/c1-3-5-7-9-11-13-15-17-18-40-44-47-51-55-59-63-67-71-77(82)83-72-68-64-60-56-52-48-45-42-39-37-35-33-31-29-27-25-23-21-19-20-22-24-26-28-30-32-34-36-38-41-43-46-50-54-58-62-66-70-76(81)78-74(73-79)75(80)69-65-61-57-53-49-16-14-12-10-8-6-4-2/h19,21,25,27,65,69,74-75,79-80H,3-18,20,22-24,26,28-64,66-68,70-73H2,1-2H3,(H,78,81)/b21-19-,27-25-,69-65+. The molecule has 0 bridgehead atoms. The monoisotopic (exact) mass is 1170 g/mol. The van der Waals surface area contributed by atoms with Crippen LogP contribution in [0.3, 0.4) is 0 Å². The Morgan fingerprint density at radius 1 is 0.337 bits per heavy atom. The van der Waals surface area contributed by atoms with Crippen LogP contribution in [0.15, 0.2) is 36.5 Å². The van der Waals surface area contributed by atoms with Gasteiger partial charge in [-0.05, 0) is 64.2 Å². The minimum atomic E-state index is -0.841. The Balaban J connectivity index is 3.34. The van der Waals surface area contributed by atoms with Crippen LogP contribution in [-0.4, -0.2) is 47.4 Å². The number of rotatable bonds is 71. The first-order valence-electron chi connectivity index (χ1n) is 37.8. The number of amides is 1. The number of carbonyl (C=O) groups is 2. The number of unbranched alkanes of at least 4 members (excludes halogenated alkanes) is 56. The smallest absolute Gasteiger partial charge is 0.305 e. The van der Waals surface area contributed by atoms with E-state index >= 15 is 0 Å². The van der Waals surface area contributed by atoms with Crippen LogP contribution in [-0.2, 0) is 14.3 Å². The molecule has 0 aliphatic heterocycles.